The molecule has 0 bridgehead atoms. The van der Waals surface area contributed by atoms with Crippen LogP contribution in [0.3, 0.4) is 0 Å². The summed E-state index contributed by atoms with van der Waals surface area (Å²) in [7, 11) is 0. The number of carbonyl (C=O) groups excluding carboxylic acids is 2. The van der Waals surface area contributed by atoms with Crippen LogP contribution in [0.15, 0.2) is 53.4 Å². The fraction of sp³-hybridized carbons (Fsp3) is 0.176. The Labute approximate surface area is 154 Å². The van der Waals surface area contributed by atoms with Crippen molar-refractivity contribution in [3.05, 3.63) is 58.6 Å². The highest BCUT2D eigenvalue weighted by Gasteiger charge is 2.18. The summed E-state index contributed by atoms with van der Waals surface area (Å²) in [4.78, 5) is 24.6. The molecule has 0 saturated carbocycles. The Kier molecular flexibility index (Phi) is 6.97. The zero-order valence-electron chi connectivity index (χ0n) is 12.8. The van der Waals surface area contributed by atoms with E-state index in [9.17, 15) is 9.59 Å². The third-order valence-corrected chi connectivity index (χ3v) is 4.66. The number of para-hydroxylation sites is 1. The van der Waals surface area contributed by atoms with Crippen LogP contribution in [0, 0.1) is 0 Å². The molecule has 0 aliphatic heterocycles. The molecule has 7 heteroatoms. The van der Waals surface area contributed by atoms with Crippen LogP contribution in [0.2, 0.25) is 10.0 Å². The fourth-order valence-electron chi connectivity index (χ4n) is 1.77. The number of esters is 1. The normalized spacial score (nSPS) is 11.6. The van der Waals surface area contributed by atoms with Gasteiger partial charge in [-0.15, -0.1) is 11.8 Å². The molecule has 0 aromatic heterocycles. The molecule has 1 amide bonds. The van der Waals surface area contributed by atoms with Gasteiger partial charge in [-0.1, -0.05) is 41.4 Å². The van der Waals surface area contributed by atoms with Gasteiger partial charge in [0.15, 0.2) is 6.10 Å². The smallest absolute Gasteiger partial charge is 0.317 e. The van der Waals surface area contributed by atoms with Crippen LogP contribution < -0.4 is 5.32 Å². The molecule has 1 atom stereocenters. The molecule has 0 radical (unpaired) electrons. The van der Waals surface area contributed by atoms with E-state index in [0.29, 0.717) is 20.6 Å². The van der Waals surface area contributed by atoms with E-state index in [1.165, 1.54) is 18.7 Å². The molecule has 126 valence electrons. The molecular weight excluding hydrogens is 369 g/mol. The molecule has 0 heterocycles. The number of rotatable bonds is 6. The maximum absolute atomic E-state index is 12.0. The van der Waals surface area contributed by atoms with Gasteiger partial charge < -0.3 is 10.1 Å². The van der Waals surface area contributed by atoms with Crippen molar-refractivity contribution in [3.8, 4) is 0 Å². The Hall–Kier alpha value is -1.69. The molecule has 2 rings (SSSR count). The van der Waals surface area contributed by atoms with Gasteiger partial charge in [0.05, 0.1) is 10.8 Å². The van der Waals surface area contributed by atoms with Crippen molar-refractivity contribution in [2.45, 2.75) is 17.9 Å². The first-order valence-corrected chi connectivity index (χ1v) is 8.83. The Balaban J connectivity index is 1.83. The lowest BCUT2D eigenvalue weighted by molar-refractivity contribution is -0.150. The first-order chi connectivity index (χ1) is 11.5. The second-order valence-corrected chi connectivity index (χ2v) is 6.71. The van der Waals surface area contributed by atoms with Crippen LogP contribution in [-0.2, 0) is 14.3 Å². The minimum absolute atomic E-state index is 0.0308. The summed E-state index contributed by atoms with van der Waals surface area (Å²) in [5.74, 6) is -0.865. The van der Waals surface area contributed by atoms with E-state index >= 15 is 0 Å². The Morgan fingerprint density at radius 2 is 1.88 bits per heavy atom. The van der Waals surface area contributed by atoms with E-state index in [2.05, 4.69) is 5.32 Å². The highest BCUT2D eigenvalue weighted by Crippen LogP contribution is 2.29. The summed E-state index contributed by atoms with van der Waals surface area (Å²) in [5.41, 5.74) is 0.644. The van der Waals surface area contributed by atoms with Crippen LogP contribution in [0.25, 0.3) is 0 Å². The van der Waals surface area contributed by atoms with Gasteiger partial charge in [-0.25, -0.2) is 0 Å². The number of carbonyl (C=O) groups is 2. The van der Waals surface area contributed by atoms with Crippen molar-refractivity contribution in [2.75, 3.05) is 11.1 Å². The van der Waals surface area contributed by atoms with Crippen molar-refractivity contribution in [1.29, 1.82) is 0 Å². The van der Waals surface area contributed by atoms with Crippen LogP contribution in [0.1, 0.15) is 6.92 Å². The van der Waals surface area contributed by atoms with Crippen molar-refractivity contribution in [2.24, 2.45) is 0 Å². The number of ether oxygens (including phenoxy) is 1. The molecule has 0 unspecified atom stereocenters. The van der Waals surface area contributed by atoms with Gasteiger partial charge in [0.2, 0.25) is 0 Å². The number of anilines is 1. The average Bonchev–Trinajstić information content (AvgIpc) is 2.56. The number of nitrogens with one attached hydrogen (secondary N) is 1. The van der Waals surface area contributed by atoms with Gasteiger partial charge in [-0.05, 0) is 37.3 Å². The summed E-state index contributed by atoms with van der Waals surface area (Å²) in [6, 6.07) is 14.0. The van der Waals surface area contributed by atoms with E-state index in [4.69, 9.17) is 27.9 Å². The SMILES string of the molecule is C[C@H](OC(=O)CSc1cc(Cl)ccc1Cl)C(=O)Nc1ccccc1. The third kappa shape index (κ3) is 5.74. The maximum Gasteiger partial charge on any atom is 0.317 e. The zero-order chi connectivity index (χ0) is 17.5. The number of benzene rings is 2. The zero-order valence-corrected chi connectivity index (χ0v) is 15.1. The van der Waals surface area contributed by atoms with Crippen LogP contribution in [-0.4, -0.2) is 23.7 Å². The van der Waals surface area contributed by atoms with Crippen molar-refractivity contribution in [1.82, 2.24) is 0 Å². The first-order valence-electron chi connectivity index (χ1n) is 7.09. The van der Waals surface area contributed by atoms with E-state index in [1.54, 1.807) is 42.5 Å². The lowest BCUT2D eigenvalue weighted by atomic mass is 10.3. The fourth-order valence-corrected chi connectivity index (χ4v) is 3.05. The summed E-state index contributed by atoms with van der Waals surface area (Å²) in [5, 5.41) is 3.72. The predicted octanol–water partition coefficient (Wildman–Crippen LogP) is 4.66. The second kappa shape index (κ2) is 8.97. The molecule has 2 aromatic rings. The summed E-state index contributed by atoms with van der Waals surface area (Å²) in [6.45, 7) is 1.52. The Bertz CT molecular complexity index is 725. The molecule has 1 N–H and O–H groups in total. The quantitative estimate of drug-likeness (QED) is 0.582. The molecule has 0 aliphatic carbocycles. The number of halogens is 2. The van der Waals surface area contributed by atoms with Crippen LogP contribution in [0.5, 0.6) is 0 Å². The minimum Gasteiger partial charge on any atom is -0.452 e. The van der Waals surface area contributed by atoms with Crippen molar-refractivity contribution >= 4 is 52.5 Å². The topological polar surface area (TPSA) is 55.4 Å². The van der Waals surface area contributed by atoms with Gasteiger partial charge >= 0.3 is 5.97 Å². The molecule has 2 aromatic carbocycles. The molecule has 0 saturated heterocycles. The molecular formula is C17H15Cl2NO3S. The minimum atomic E-state index is -0.895. The van der Waals surface area contributed by atoms with Crippen molar-refractivity contribution in [3.63, 3.8) is 0 Å². The lowest BCUT2D eigenvalue weighted by Crippen LogP contribution is -2.30. The van der Waals surface area contributed by atoms with E-state index in [0.717, 1.165) is 0 Å². The number of hydrogen-bond donors (Lipinski definition) is 1. The average molecular weight is 384 g/mol. The summed E-state index contributed by atoms with van der Waals surface area (Å²) in [6.07, 6.45) is -0.895. The van der Waals surface area contributed by atoms with Gasteiger partial charge in [-0.2, -0.15) is 0 Å². The molecule has 24 heavy (non-hydrogen) atoms. The second-order valence-electron chi connectivity index (χ2n) is 4.85. The highest BCUT2D eigenvalue weighted by molar-refractivity contribution is 8.00. The molecule has 0 fully saturated rings. The molecule has 0 aliphatic rings. The summed E-state index contributed by atoms with van der Waals surface area (Å²) >= 11 is 13.1. The van der Waals surface area contributed by atoms with Crippen LogP contribution in [0.4, 0.5) is 5.69 Å². The monoisotopic (exact) mass is 383 g/mol. The summed E-state index contributed by atoms with van der Waals surface area (Å²) < 4.78 is 5.13. The first kappa shape index (κ1) is 18.6. The molecule has 4 nitrogen and oxygen atoms in total. The highest BCUT2D eigenvalue weighted by atomic mass is 35.5. The molecule has 0 spiro atoms. The van der Waals surface area contributed by atoms with E-state index in [-0.39, 0.29) is 11.7 Å². The maximum atomic E-state index is 12.0. The van der Waals surface area contributed by atoms with E-state index in [1.807, 2.05) is 6.07 Å². The number of thioether (sulfide) groups is 1. The Morgan fingerprint density at radius 3 is 2.58 bits per heavy atom. The van der Waals surface area contributed by atoms with Gasteiger partial charge in [0.25, 0.3) is 5.91 Å². The standard InChI is InChI=1S/C17H15Cl2NO3S/c1-11(17(22)20-13-5-3-2-4-6-13)23-16(21)10-24-15-9-12(18)7-8-14(15)19/h2-9,11H,10H2,1H3,(H,20,22)/t11-/m0/s1. The van der Waals surface area contributed by atoms with Crippen molar-refractivity contribution < 1.29 is 14.3 Å². The number of hydrogen-bond acceptors (Lipinski definition) is 4. The van der Waals surface area contributed by atoms with E-state index < -0.39 is 12.1 Å². The lowest BCUT2D eigenvalue weighted by Gasteiger charge is -2.13. The number of amides is 1. The van der Waals surface area contributed by atoms with Gasteiger partial charge in [0, 0.05) is 15.6 Å². The van der Waals surface area contributed by atoms with Crippen LogP contribution >= 0.6 is 35.0 Å². The largest absolute Gasteiger partial charge is 0.452 e. The Morgan fingerprint density at radius 1 is 1.17 bits per heavy atom. The third-order valence-electron chi connectivity index (χ3n) is 2.96. The predicted molar refractivity (Wildman–Crippen MR) is 97.8 cm³/mol. The van der Waals surface area contributed by atoms with Gasteiger partial charge in [0.1, 0.15) is 0 Å². The van der Waals surface area contributed by atoms with Gasteiger partial charge in [-0.3, -0.25) is 9.59 Å².